The molecule has 2 rings (SSSR count). The van der Waals surface area contributed by atoms with Crippen LogP contribution in [0.3, 0.4) is 0 Å². The zero-order valence-electron chi connectivity index (χ0n) is 7.92. The molecule has 1 aromatic heterocycles. The maximum Gasteiger partial charge on any atom is 0.132 e. The van der Waals surface area contributed by atoms with E-state index in [9.17, 15) is 4.91 Å². The van der Waals surface area contributed by atoms with Gasteiger partial charge in [0.25, 0.3) is 0 Å². The van der Waals surface area contributed by atoms with Gasteiger partial charge in [-0.3, -0.25) is 0 Å². The summed E-state index contributed by atoms with van der Waals surface area (Å²) in [6, 6.07) is 11.9. The molecule has 2 nitrogen and oxygen atoms in total. The van der Waals surface area contributed by atoms with Crippen LogP contribution in [0, 0.1) is 4.91 Å². The van der Waals surface area contributed by atoms with E-state index in [1.807, 2.05) is 23.6 Å². The lowest BCUT2D eigenvalue weighted by Crippen LogP contribution is -1.76. The van der Waals surface area contributed by atoms with Crippen molar-refractivity contribution in [1.82, 2.24) is 0 Å². The lowest BCUT2D eigenvalue weighted by Gasteiger charge is -1.99. The van der Waals surface area contributed by atoms with Gasteiger partial charge in [0.05, 0.1) is 4.21 Å². The quantitative estimate of drug-likeness (QED) is 0.579. The second-order valence-corrected chi connectivity index (χ2v) is 5.12. The smallest absolute Gasteiger partial charge is 0.132 e. The third-order valence-electron chi connectivity index (χ3n) is 1.92. The number of benzene rings is 1. The molecule has 0 atom stereocenters. The van der Waals surface area contributed by atoms with Crippen LogP contribution in [0.5, 0.6) is 0 Å². The average molecular weight is 235 g/mol. The van der Waals surface area contributed by atoms with Crippen molar-refractivity contribution in [3.05, 3.63) is 52.2 Å². The van der Waals surface area contributed by atoms with Crippen molar-refractivity contribution in [2.75, 3.05) is 0 Å². The first-order valence-electron chi connectivity index (χ1n) is 4.48. The highest BCUT2D eigenvalue weighted by Gasteiger charge is 2.04. The average Bonchev–Trinajstić information content (AvgIpc) is 2.75. The van der Waals surface area contributed by atoms with E-state index in [0.29, 0.717) is 5.69 Å². The highest BCUT2D eigenvalue weighted by molar-refractivity contribution is 8.00. The van der Waals surface area contributed by atoms with Crippen molar-refractivity contribution in [2.24, 2.45) is 5.18 Å². The molecule has 0 aliphatic carbocycles. The van der Waals surface area contributed by atoms with Gasteiger partial charge in [0.15, 0.2) is 0 Å². The molecule has 0 saturated carbocycles. The Hall–Kier alpha value is -1.13. The van der Waals surface area contributed by atoms with Crippen molar-refractivity contribution < 1.29 is 0 Å². The van der Waals surface area contributed by atoms with Crippen LogP contribution in [-0.2, 0) is 5.75 Å². The Labute approximate surface area is 96.3 Å². The second-order valence-electron chi connectivity index (χ2n) is 2.96. The topological polar surface area (TPSA) is 29.4 Å². The third-order valence-corrected chi connectivity index (χ3v) is 4.21. The highest BCUT2D eigenvalue weighted by atomic mass is 32.2. The first-order valence-corrected chi connectivity index (χ1v) is 6.34. The van der Waals surface area contributed by atoms with Crippen molar-refractivity contribution in [1.29, 1.82) is 0 Å². The van der Waals surface area contributed by atoms with Gasteiger partial charge in [-0.1, -0.05) is 30.3 Å². The van der Waals surface area contributed by atoms with Crippen molar-refractivity contribution in [2.45, 2.75) is 9.96 Å². The number of nitroso groups, excluding NO2 is 1. The molecule has 0 N–H and O–H groups in total. The number of thiophene rings is 1. The van der Waals surface area contributed by atoms with E-state index in [4.69, 9.17) is 0 Å². The molecule has 2 aromatic rings. The second kappa shape index (κ2) is 5.09. The summed E-state index contributed by atoms with van der Waals surface area (Å²) >= 11 is 3.22. The minimum atomic E-state index is 0.556. The van der Waals surface area contributed by atoms with E-state index < -0.39 is 0 Å². The van der Waals surface area contributed by atoms with Crippen LogP contribution < -0.4 is 0 Å². The third kappa shape index (κ3) is 2.67. The van der Waals surface area contributed by atoms with Gasteiger partial charge in [-0.25, -0.2) is 0 Å². The molecule has 0 saturated heterocycles. The lowest BCUT2D eigenvalue weighted by atomic mass is 10.2. The predicted molar refractivity (Wildman–Crippen MR) is 65.8 cm³/mol. The van der Waals surface area contributed by atoms with E-state index in [1.54, 1.807) is 29.2 Å². The van der Waals surface area contributed by atoms with Gasteiger partial charge in [-0.05, 0) is 22.2 Å². The molecule has 0 bridgehead atoms. The monoisotopic (exact) mass is 235 g/mol. The fourth-order valence-electron chi connectivity index (χ4n) is 1.19. The Kier molecular flexibility index (Phi) is 3.53. The van der Waals surface area contributed by atoms with Gasteiger partial charge in [0.1, 0.15) is 5.69 Å². The Morgan fingerprint density at radius 3 is 2.73 bits per heavy atom. The standard InChI is InChI=1S/C11H9NOS2/c13-12-10-6-7-14-11(10)15-8-9-4-2-1-3-5-9/h1-7H,8H2. The molecular formula is C11H9NOS2. The zero-order valence-corrected chi connectivity index (χ0v) is 9.55. The van der Waals surface area contributed by atoms with Gasteiger partial charge < -0.3 is 0 Å². The van der Waals surface area contributed by atoms with Gasteiger partial charge in [-0.2, -0.15) is 0 Å². The van der Waals surface area contributed by atoms with Gasteiger partial charge in [0.2, 0.25) is 0 Å². The summed E-state index contributed by atoms with van der Waals surface area (Å²) in [6.45, 7) is 0. The molecule has 0 aliphatic rings. The molecule has 0 fully saturated rings. The number of thioether (sulfide) groups is 1. The Morgan fingerprint density at radius 1 is 1.20 bits per heavy atom. The summed E-state index contributed by atoms with van der Waals surface area (Å²) in [5.74, 6) is 0.879. The van der Waals surface area contributed by atoms with Gasteiger partial charge in [0, 0.05) is 5.75 Å². The predicted octanol–water partition coefficient (Wildman–Crippen LogP) is 4.44. The Bertz CT molecular complexity index is 439. The largest absolute Gasteiger partial charge is 0.145 e. The van der Waals surface area contributed by atoms with Crippen LogP contribution in [0.15, 0.2) is 51.2 Å². The fourth-order valence-corrected chi connectivity index (χ4v) is 3.09. The molecule has 1 heterocycles. The number of hydrogen-bond donors (Lipinski definition) is 0. The van der Waals surface area contributed by atoms with Crippen LogP contribution in [0.2, 0.25) is 0 Å². The van der Waals surface area contributed by atoms with Gasteiger partial charge >= 0.3 is 0 Å². The zero-order chi connectivity index (χ0) is 10.5. The van der Waals surface area contributed by atoms with E-state index in [2.05, 4.69) is 17.3 Å². The summed E-state index contributed by atoms with van der Waals surface area (Å²) in [5.41, 5.74) is 1.81. The molecule has 0 spiro atoms. The normalized spacial score (nSPS) is 10.1. The number of nitrogens with zero attached hydrogens (tertiary/aromatic N) is 1. The summed E-state index contributed by atoms with van der Waals surface area (Å²) in [6.07, 6.45) is 0. The van der Waals surface area contributed by atoms with Crippen LogP contribution in [0.1, 0.15) is 5.56 Å². The minimum Gasteiger partial charge on any atom is -0.145 e. The van der Waals surface area contributed by atoms with Crippen LogP contribution in [0.25, 0.3) is 0 Å². The molecular weight excluding hydrogens is 226 g/mol. The lowest BCUT2D eigenvalue weighted by molar-refractivity contribution is 1.40. The Balaban J connectivity index is 2.02. The molecule has 4 heteroatoms. The van der Waals surface area contributed by atoms with Crippen LogP contribution >= 0.6 is 23.1 Å². The molecule has 0 unspecified atom stereocenters. The number of rotatable bonds is 4. The molecule has 0 amide bonds. The van der Waals surface area contributed by atoms with Crippen LogP contribution in [-0.4, -0.2) is 0 Å². The van der Waals surface area contributed by atoms with E-state index in [0.717, 1.165) is 9.96 Å². The van der Waals surface area contributed by atoms with Gasteiger partial charge in [-0.15, -0.1) is 28.0 Å². The highest BCUT2D eigenvalue weighted by Crippen LogP contribution is 2.36. The van der Waals surface area contributed by atoms with Crippen molar-refractivity contribution in [3.63, 3.8) is 0 Å². The van der Waals surface area contributed by atoms with Crippen molar-refractivity contribution >= 4 is 28.8 Å². The van der Waals surface area contributed by atoms with Crippen molar-refractivity contribution in [3.8, 4) is 0 Å². The Morgan fingerprint density at radius 2 is 2.00 bits per heavy atom. The molecule has 1 aromatic carbocycles. The summed E-state index contributed by atoms with van der Waals surface area (Å²) in [4.78, 5) is 10.4. The molecule has 0 aliphatic heterocycles. The first-order chi connectivity index (χ1) is 7.40. The summed E-state index contributed by atoms with van der Waals surface area (Å²) in [5, 5.41) is 4.88. The van der Waals surface area contributed by atoms with E-state index in [1.165, 1.54) is 5.56 Å². The maximum atomic E-state index is 10.4. The minimum absolute atomic E-state index is 0.556. The molecule has 15 heavy (non-hydrogen) atoms. The van der Waals surface area contributed by atoms with Crippen LogP contribution in [0.4, 0.5) is 5.69 Å². The van der Waals surface area contributed by atoms with E-state index >= 15 is 0 Å². The summed E-state index contributed by atoms with van der Waals surface area (Å²) in [7, 11) is 0. The fraction of sp³-hybridized carbons (Fsp3) is 0.0909. The SMILES string of the molecule is O=Nc1ccsc1SCc1ccccc1. The summed E-state index contributed by atoms with van der Waals surface area (Å²) < 4.78 is 0.994. The van der Waals surface area contributed by atoms with E-state index in [-0.39, 0.29) is 0 Å². The molecule has 0 radical (unpaired) electrons. The molecule has 76 valence electrons. The first kappa shape index (κ1) is 10.4. The maximum absolute atomic E-state index is 10.4. The number of hydrogen-bond acceptors (Lipinski definition) is 4.